The first-order valence-electron chi connectivity index (χ1n) is 8.29. The fourth-order valence-corrected chi connectivity index (χ4v) is 2.89. The molecule has 0 atom stereocenters. The molecule has 1 fully saturated rings. The molecule has 0 radical (unpaired) electrons. The zero-order chi connectivity index (χ0) is 18.7. The van der Waals surface area contributed by atoms with Crippen molar-refractivity contribution in [2.45, 2.75) is 13.1 Å². The minimum absolute atomic E-state index is 0.0532. The number of aromatic nitrogens is 2. The molecular formula is C17H19F3N4O2. The van der Waals surface area contributed by atoms with Crippen molar-refractivity contribution in [1.82, 2.24) is 9.97 Å². The number of piperazine rings is 1. The number of para-hydroxylation sites is 2. The van der Waals surface area contributed by atoms with Gasteiger partial charge in [-0.25, -0.2) is 4.98 Å². The lowest BCUT2D eigenvalue weighted by Gasteiger charge is -2.37. The van der Waals surface area contributed by atoms with Gasteiger partial charge >= 0.3 is 6.18 Å². The lowest BCUT2D eigenvalue weighted by atomic mass is 10.2. The van der Waals surface area contributed by atoms with Gasteiger partial charge in [0.2, 0.25) is 5.95 Å². The fraction of sp³-hybridized carbons (Fsp3) is 0.412. The maximum absolute atomic E-state index is 12.9. The van der Waals surface area contributed by atoms with Gasteiger partial charge in [-0.15, -0.1) is 0 Å². The molecule has 26 heavy (non-hydrogen) atoms. The Morgan fingerprint density at radius 3 is 2.46 bits per heavy atom. The zero-order valence-corrected chi connectivity index (χ0v) is 14.2. The van der Waals surface area contributed by atoms with E-state index in [2.05, 4.69) is 14.9 Å². The van der Waals surface area contributed by atoms with E-state index in [1.165, 1.54) is 0 Å². The second-order valence-corrected chi connectivity index (χ2v) is 5.83. The fourth-order valence-electron chi connectivity index (χ4n) is 2.89. The van der Waals surface area contributed by atoms with E-state index in [4.69, 9.17) is 4.74 Å². The van der Waals surface area contributed by atoms with Crippen LogP contribution in [0.4, 0.5) is 24.8 Å². The highest BCUT2D eigenvalue weighted by atomic mass is 19.4. The van der Waals surface area contributed by atoms with Gasteiger partial charge in [0.25, 0.3) is 5.56 Å². The summed E-state index contributed by atoms with van der Waals surface area (Å²) in [5, 5.41) is 0. The highest BCUT2D eigenvalue weighted by molar-refractivity contribution is 5.59. The Morgan fingerprint density at radius 2 is 1.81 bits per heavy atom. The lowest BCUT2D eigenvalue weighted by Crippen LogP contribution is -2.47. The number of rotatable bonds is 4. The maximum Gasteiger partial charge on any atom is 0.433 e. The van der Waals surface area contributed by atoms with Crippen molar-refractivity contribution in [2.75, 3.05) is 42.6 Å². The molecule has 1 aromatic carbocycles. The summed E-state index contributed by atoms with van der Waals surface area (Å²) >= 11 is 0. The Morgan fingerprint density at radius 1 is 1.15 bits per heavy atom. The topological polar surface area (TPSA) is 61.5 Å². The summed E-state index contributed by atoms with van der Waals surface area (Å²) in [6, 6.07) is 8.11. The van der Waals surface area contributed by atoms with Crippen LogP contribution in [0.15, 0.2) is 35.1 Å². The number of halogens is 3. The van der Waals surface area contributed by atoms with Crippen LogP contribution in [0.2, 0.25) is 0 Å². The second-order valence-electron chi connectivity index (χ2n) is 5.83. The van der Waals surface area contributed by atoms with Crippen LogP contribution >= 0.6 is 0 Å². The van der Waals surface area contributed by atoms with Gasteiger partial charge in [0.05, 0.1) is 12.3 Å². The molecule has 1 aliphatic rings. The highest BCUT2D eigenvalue weighted by Crippen LogP contribution is 2.30. The number of hydrogen-bond donors (Lipinski definition) is 1. The number of nitrogens with zero attached hydrogens (tertiary/aromatic N) is 3. The van der Waals surface area contributed by atoms with E-state index >= 15 is 0 Å². The molecule has 1 aromatic heterocycles. The number of aromatic amines is 1. The minimum atomic E-state index is -4.65. The van der Waals surface area contributed by atoms with E-state index in [0.29, 0.717) is 38.9 Å². The van der Waals surface area contributed by atoms with Crippen LogP contribution in [-0.4, -0.2) is 42.8 Å². The molecule has 1 N–H and O–H groups in total. The van der Waals surface area contributed by atoms with Gasteiger partial charge < -0.3 is 14.5 Å². The molecule has 6 nitrogen and oxygen atoms in total. The third-order valence-electron chi connectivity index (χ3n) is 4.10. The van der Waals surface area contributed by atoms with Crippen LogP contribution in [0.3, 0.4) is 0 Å². The number of ether oxygens (including phenoxy) is 1. The van der Waals surface area contributed by atoms with Gasteiger partial charge in [-0.05, 0) is 19.1 Å². The van der Waals surface area contributed by atoms with Crippen LogP contribution in [0.1, 0.15) is 12.6 Å². The van der Waals surface area contributed by atoms with E-state index in [-0.39, 0.29) is 5.95 Å². The van der Waals surface area contributed by atoms with E-state index in [0.717, 1.165) is 11.4 Å². The first-order valence-corrected chi connectivity index (χ1v) is 8.29. The van der Waals surface area contributed by atoms with Crippen molar-refractivity contribution >= 4 is 11.6 Å². The number of hydrogen-bond acceptors (Lipinski definition) is 5. The average Bonchev–Trinajstić information content (AvgIpc) is 2.61. The Kier molecular flexibility index (Phi) is 5.06. The maximum atomic E-state index is 12.9. The monoisotopic (exact) mass is 368 g/mol. The Bertz CT molecular complexity index is 814. The van der Waals surface area contributed by atoms with Crippen molar-refractivity contribution < 1.29 is 17.9 Å². The molecule has 0 spiro atoms. The standard InChI is InChI=1S/C17H19F3N4O2/c1-2-26-13-6-4-3-5-12(13)23-7-9-24(10-8-23)16-21-14(17(18,19)20)11-15(25)22-16/h3-6,11H,2,7-10H2,1H3,(H,21,22,25). The van der Waals surface area contributed by atoms with Crippen molar-refractivity contribution in [3.63, 3.8) is 0 Å². The largest absolute Gasteiger partial charge is 0.492 e. The third kappa shape index (κ3) is 3.92. The molecule has 9 heteroatoms. The van der Waals surface area contributed by atoms with Gasteiger partial charge in [-0.3, -0.25) is 9.78 Å². The van der Waals surface area contributed by atoms with E-state index in [1.54, 1.807) is 4.90 Å². The SMILES string of the molecule is CCOc1ccccc1N1CCN(c2nc(C(F)(F)F)cc(=O)[nH]2)CC1. The molecule has 1 saturated heterocycles. The lowest BCUT2D eigenvalue weighted by molar-refractivity contribution is -0.141. The van der Waals surface area contributed by atoms with E-state index in [1.807, 2.05) is 31.2 Å². The molecule has 0 unspecified atom stereocenters. The van der Waals surface area contributed by atoms with Crippen LogP contribution in [-0.2, 0) is 6.18 Å². The van der Waals surface area contributed by atoms with E-state index in [9.17, 15) is 18.0 Å². The van der Waals surface area contributed by atoms with Gasteiger partial charge in [0.15, 0.2) is 5.69 Å². The number of alkyl halides is 3. The normalized spacial score (nSPS) is 15.2. The van der Waals surface area contributed by atoms with Crippen molar-refractivity contribution in [3.05, 3.63) is 46.4 Å². The van der Waals surface area contributed by atoms with Crippen LogP contribution < -0.4 is 20.1 Å². The second kappa shape index (κ2) is 7.27. The van der Waals surface area contributed by atoms with Gasteiger partial charge in [0, 0.05) is 32.2 Å². The number of nitrogens with one attached hydrogen (secondary N) is 1. The predicted molar refractivity (Wildman–Crippen MR) is 91.9 cm³/mol. The predicted octanol–water partition coefficient (Wildman–Crippen LogP) is 2.51. The van der Waals surface area contributed by atoms with E-state index < -0.39 is 17.4 Å². The Hall–Kier alpha value is -2.71. The summed E-state index contributed by atoms with van der Waals surface area (Å²) in [7, 11) is 0. The summed E-state index contributed by atoms with van der Waals surface area (Å²) < 4.78 is 44.2. The van der Waals surface area contributed by atoms with Gasteiger partial charge in [-0.2, -0.15) is 13.2 Å². The van der Waals surface area contributed by atoms with Crippen LogP contribution in [0, 0.1) is 0 Å². The summed E-state index contributed by atoms with van der Waals surface area (Å²) in [4.78, 5) is 21.3. The molecule has 2 heterocycles. The quantitative estimate of drug-likeness (QED) is 0.899. The molecular weight excluding hydrogens is 349 g/mol. The Balaban J connectivity index is 1.75. The zero-order valence-electron chi connectivity index (χ0n) is 14.2. The summed E-state index contributed by atoms with van der Waals surface area (Å²) in [6.07, 6.45) is -4.65. The average molecular weight is 368 g/mol. The third-order valence-corrected chi connectivity index (χ3v) is 4.10. The van der Waals surface area contributed by atoms with Crippen molar-refractivity contribution in [2.24, 2.45) is 0 Å². The highest BCUT2D eigenvalue weighted by Gasteiger charge is 2.34. The summed E-state index contributed by atoms with van der Waals surface area (Å²) in [5.74, 6) is 0.719. The number of benzene rings is 1. The smallest absolute Gasteiger partial charge is 0.433 e. The summed E-state index contributed by atoms with van der Waals surface area (Å²) in [5.41, 5.74) is -1.05. The summed E-state index contributed by atoms with van der Waals surface area (Å²) in [6.45, 7) is 4.47. The molecule has 140 valence electrons. The van der Waals surface area contributed by atoms with Crippen LogP contribution in [0.25, 0.3) is 0 Å². The number of H-pyrrole nitrogens is 1. The Labute approximate surface area is 148 Å². The van der Waals surface area contributed by atoms with Gasteiger partial charge in [-0.1, -0.05) is 12.1 Å². The molecule has 0 bridgehead atoms. The molecule has 1 aliphatic heterocycles. The molecule has 3 rings (SSSR count). The van der Waals surface area contributed by atoms with Crippen molar-refractivity contribution in [3.8, 4) is 5.75 Å². The first kappa shape index (κ1) is 18.1. The molecule has 2 aromatic rings. The van der Waals surface area contributed by atoms with Gasteiger partial charge in [0.1, 0.15) is 5.75 Å². The minimum Gasteiger partial charge on any atom is -0.492 e. The molecule has 0 saturated carbocycles. The molecule has 0 amide bonds. The first-order chi connectivity index (χ1) is 12.4. The number of anilines is 2. The van der Waals surface area contributed by atoms with Crippen molar-refractivity contribution in [1.29, 1.82) is 0 Å². The van der Waals surface area contributed by atoms with Crippen LogP contribution in [0.5, 0.6) is 5.75 Å². The molecule has 0 aliphatic carbocycles.